The molecule has 0 bridgehead atoms. The molecule has 1 N–H and O–H groups in total. The van der Waals surface area contributed by atoms with E-state index in [1.807, 2.05) is 30.5 Å². The van der Waals surface area contributed by atoms with Crippen LogP contribution in [-0.2, 0) is 11.3 Å². The fraction of sp³-hybridized carbons (Fsp3) is 0.400. The summed E-state index contributed by atoms with van der Waals surface area (Å²) in [5.74, 6) is -0.104. The summed E-state index contributed by atoms with van der Waals surface area (Å²) in [5.41, 5.74) is 3.51. The Kier molecular flexibility index (Phi) is 5.42. The highest BCUT2D eigenvalue weighted by molar-refractivity contribution is 5.90. The van der Waals surface area contributed by atoms with E-state index in [9.17, 15) is 9.59 Å². The zero-order valence-corrected chi connectivity index (χ0v) is 15.7. The average molecular weight is 354 g/mol. The number of pyridine rings is 1. The van der Waals surface area contributed by atoms with E-state index in [1.54, 1.807) is 12.1 Å². The Labute approximate surface area is 154 Å². The second kappa shape index (κ2) is 7.74. The van der Waals surface area contributed by atoms with E-state index in [1.165, 1.54) is 5.69 Å². The van der Waals surface area contributed by atoms with Crippen molar-refractivity contribution in [3.05, 3.63) is 58.0 Å². The van der Waals surface area contributed by atoms with Gasteiger partial charge in [-0.05, 0) is 45.2 Å². The summed E-state index contributed by atoms with van der Waals surface area (Å²) >= 11 is 0. The number of nitrogens with zero attached hydrogens (tertiary/aromatic N) is 3. The minimum absolute atomic E-state index is 0.0313. The van der Waals surface area contributed by atoms with Crippen molar-refractivity contribution in [3.8, 4) is 0 Å². The van der Waals surface area contributed by atoms with Gasteiger partial charge in [0.25, 0.3) is 0 Å². The summed E-state index contributed by atoms with van der Waals surface area (Å²) in [4.78, 5) is 28.6. The standard InChI is InChI=1S/C20H26N4O2/c1-15-12-19(25)13-16(2)24(15)14-20(26)21-17-4-6-18(7-5-17)23-10-8-22(3)9-11-23/h4-7,12-13H,8-11,14H2,1-3H3,(H,21,26). The number of carbonyl (C=O) groups excluding carboxylic acids is 1. The summed E-state index contributed by atoms with van der Waals surface area (Å²) in [7, 11) is 2.14. The molecule has 1 aromatic carbocycles. The minimum Gasteiger partial charge on any atom is -0.369 e. The SMILES string of the molecule is Cc1cc(=O)cc(C)n1CC(=O)Nc1ccc(N2CCN(C)CC2)cc1. The highest BCUT2D eigenvalue weighted by Gasteiger charge is 2.14. The van der Waals surface area contributed by atoms with Crippen molar-refractivity contribution in [3.63, 3.8) is 0 Å². The van der Waals surface area contributed by atoms with Gasteiger partial charge in [-0.3, -0.25) is 9.59 Å². The van der Waals surface area contributed by atoms with Gasteiger partial charge in [-0.25, -0.2) is 0 Å². The quantitative estimate of drug-likeness (QED) is 0.911. The molecule has 0 atom stereocenters. The first-order chi connectivity index (χ1) is 12.4. The number of rotatable bonds is 4. The maximum Gasteiger partial charge on any atom is 0.244 e. The maximum absolute atomic E-state index is 12.4. The van der Waals surface area contributed by atoms with Gasteiger partial charge in [0.05, 0.1) is 0 Å². The van der Waals surface area contributed by atoms with Crippen LogP contribution in [0.2, 0.25) is 0 Å². The number of hydrogen-bond acceptors (Lipinski definition) is 4. The van der Waals surface area contributed by atoms with E-state index < -0.39 is 0 Å². The van der Waals surface area contributed by atoms with Gasteiger partial charge in [0.15, 0.2) is 5.43 Å². The average Bonchev–Trinajstić information content (AvgIpc) is 2.59. The smallest absolute Gasteiger partial charge is 0.244 e. The molecule has 1 saturated heterocycles. The van der Waals surface area contributed by atoms with Crippen LogP contribution in [0.4, 0.5) is 11.4 Å². The Hall–Kier alpha value is -2.60. The van der Waals surface area contributed by atoms with Crippen molar-refractivity contribution in [2.75, 3.05) is 43.4 Å². The molecule has 1 aromatic heterocycles. The van der Waals surface area contributed by atoms with Crippen LogP contribution in [-0.4, -0.2) is 48.6 Å². The van der Waals surface area contributed by atoms with Crippen molar-refractivity contribution in [1.82, 2.24) is 9.47 Å². The number of benzene rings is 1. The normalized spacial score (nSPS) is 15.1. The Morgan fingerprint density at radius 3 is 2.15 bits per heavy atom. The largest absolute Gasteiger partial charge is 0.369 e. The number of aryl methyl sites for hydroxylation is 2. The molecule has 0 saturated carbocycles. The second-order valence-corrected chi connectivity index (χ2v) is 6.95. The van der Waals surface area contributed by atoms with Gasteiger partial charge < -0.3 is 19.7 Å². The number of amides is 1. The molecule has 1 aliphatic rings. The van der Waals surface area contributed by atoms with Crippen molar-refractivity contribution >= 4 is 17.3 Å². The monoisotopic (exact) mass is 354 g/mol. The molecule has 138 valence electrons. The molecule has 1 fully saturated rings. The Morgan fingerprint density at radius 2 is 1.58 bits per heavy atom. The Balaban J connectivity index is 1.62. The number of piperazine rings is 1. The number of aromatic nitrogens is 1. The lowest BCUT2D eigenvalue weighted by atomic mass is 10.2. The van der Waals surface area contributed by atoms with Gasteiger partial charge >= 0.3 is 0 Å². The van der Waals surface area contributed by atoms with Crippen LogP contribution >= 0.6 is 0 Å². The number of nitrogens with one attached hydrogen (secondary N) is 1. The van der Waals surface area contributed by atoms with Gasteiger partial charge in [-0.2, -0.15) is 0 Å². The topological polar surface area (TPSA) is 57.6 Å². The second-order valence-electron chi connectivity index (χ2n) is 6.95. The van der Waals surface area contributed by atoms with Crippen LogP contribution in [0.15, 0.2) is 41.2 Å². The van der Waals surface area contributed by atoms with Crippen molar-refractivity contribution in [2.24, 2.45) is 0 Å². The highest BCUT2D eigenvalue weighted by atomic mass is 16.2. The molecule has 2 heterocycles. The predicted octanol–water partition coefficient (Wildman–Crippen LogP) is 1.86. The first-order valence-electron chi connectivity index (χ1n) is 8.94. The summed E-state index contributed by atoms with van der Waals surface area (Å²) in [6.07, 6.45) is 0. The van der Waals surface area contributed by atoms with Crippen LogP contribution in [0.25, 0.3) is 0 Å². The van der Waals surface area contributed by atoms with Crippen LogP contribution in [0.5, 0.6) is 0 Å². The molecule has 6 nitrogen and oxygen atoms in total. The van der Waals surface area contributed by atoms with Crippen molar-refractivity contribution in [2.45, 2.75) is 20.4 Å². The van der Waals surface area contributed by atoms with Gasteiger partial charge in [0.2, 0.25) is 5.91 Å². The van der Waals surface area contributed by atoms with E-state index in [0.29, 0.717) is 0 Å². The van der Waals surface area contributed by atoms with E-state index in [2.05, 4.69) is 34.3 Å². The fourth-order valence-corrected chi connectivity index (χ4v) is 3.30. The third kappa shape index (κ3) is 4.32. The maximum atomic E-state index is 12.4. The molecule has 26 heavy (non-hydrogen) atoms. The van der Waals surface area contributed by atoms with Gasteiger partial charge in [-0.1, -0.05) is 0 Å². The number of carbonyl (C=O) groups is 1. The zero-order valence-electron chi connectivity index (χ0n) is 15.7. The van der Waals surface area contributed by atoms with Crippen LogP contribution in [0, 0.1) is 13.8 Å². The van der Waals surface area contributed by atoms with E-state index in [0.717, 1.165) is 43.3 Å². The number of likely N-dealkylation sites (N-methyl/N-ethyl adjacent to an activating group) is 1. The van der Waals surface area contributed by atoms with E-state index >= 15 is 0 Å². The van der Waals surface area contributed by atoms with Crippen LogP contribution in [0.1, 0.15) is 11.4 Å². The first kappa shape index (κ1) is 18.2. The molecule has 0 spiro atoms. The van der Waals surface area contributed by atoms with Crippen LogP contribution < -0.4 is 15.6 Å². The zero-order chi connectivity index (χ0) is 18.7. The molecule has 0 unspecified atom stereocenters. The Bertz CT molecular complexity index is 808. The van der Waals surface area contributed by atoms with Crippen molar-refractivity contribution < 1.29 is 4.79 Å². The summed E-state index contributed by atoms with van der Waals surface area (Å²) in [5, 5.41) is 2.93. The van der Waals surface area contributed by atoms with Crippen molar-refractivity contribution in [1.29, 1.82) is 0 Å². The van der Waals surface area contributed by atoms with Gasteiger partial charge in [0.1, 0.15) is 6.54 Å². The molecule has 0 radical (unpaired) electrons. The molecule has 2 aromatic rings. The van der Waals surface area contributed by atoms with Gasteiger partial charge in [0, 0.05) is 61.1 Å². The molecule has 1 amide bonds. The number of anilines is 2. The highest BCUT2D eigenvalue weighted by Crippen LogP contribution is 2.19. The molecular weight excluding hydrogens is 328 g/mol. The van der Waals surface area contributed by atoms with Gasteiger partial charge in [-0.15, -0.1) is 0 Å². The lowest BCUT2D eigenvalue weighted by molar-refractivity contribution is -0.116. The fourth-order valence-electron chi connectivity index (χ4n) is 3.30. The third-order valence-corrected chi connectivity index (χ3v) is 4.88. The number of hydrogen-bond donors (Lipinski definition) is 1. The summed E-state index contributed by atoms with van der Waals surface area (Å²) in [6, 6.07) is 11.1. The predicted molar refractivity (Wildman–Crippen MR) is 105 cm³/mol. The first-order valence-corrected chi connectivity index (χ1v) is 8.94. The molecular formula is C20H26N4O2. The Morgan fingerprint density at radius 1 is 1.00 bits per heavy atom. The van der Waals surface area contributed by atoms with E-state index in [4.69, 9.17) is 0 Å². The molecule has 0 aliphatic carbocycles. The molecule has 3 rings (SSSR count). The lowest BCUT2D eigenvalue weighted by Gasteiger charge is -2.34. The summed E-state index contributed by atoms with van der Waals surface area (Å²) in [6.45, 7) is 8.05. The summed E-state index contributed by atoms with van der Waals surface area (Å²) < 4.78 is 1.84. The minimum atomic E-state index is -0.104. The van der Waals surface area contributed by atoms with E-state index in [-0.39, 0.29) is 17.9 Å². The molecule has 1 aliphatic heterocycles. The van der Waals surface area contributed by atoms with Crippen LogP contribution in [0.3, 0.4) is 0 Å². The molecule has 6 heteroatoms. The lowest BCUT2D eigenvalue weighted by Crippen LogP contribution is -2.44. The third-order valence-electron chi connectivity index (χ3n) is 4.88.